The maximum Gasteiger partial charge on any atom is 0.301 e. The molecule has 2 rings (SSSR count). The van der Waals surface area contributed by atoms with Gasteiger partial charge in [0.25, 0.3) is 0 Å². The van der Waals surface area contributed by atoms with Crippen LogP contribution in [0, 0.1) is 11.3 Å². The number of rotatable bonds is 0. The molecule has 3 nitrogen and oxygen atoms in total. The maximum absolute atomic E-state index is 8.26. The van der Waals surface area contributed by atoms with Crippen LogP contribution in [0.2, 0.25) is 0 Å². The minimum absolute atomic E-state index is 0.255. The summed E-state index contributed by atoms with van der Waals surface area (Å²) < 4.78 is 10.2. The molecule has 4 heteroatoms. The molecule has 0 bridgehead atoms. The molecule has 1 aliphatic rings. The van der Waals surface area contributed by atoms with Crippen molar-refractivity contribution in [3.05, 3.63) is 22.8 Å². The van der Waals surface area contributed by atoms with Gasteiger partial charge in [-0.2, -0.15) is 5.26 Å². The fourth-order valence-electron chi connectivity index (χ4n) is 0.772. The fraction of sp³-hybridized carbons (Fsp3) is 0. The topological polar surface area (TPSA) is 42.2 Å². The zero-order valence-corrected chi connectivity index (χ0v) is 6.22. The number of allylic oxidation sites excluding steroid dienone is 1. The van der Waals surface area contributed by atoms with Gasteiger partial charge in [0, 0.05) is 10.8 Å². The molecule has 0 N–H and O–H groups in total. The molecule has 0 radical (unpaired) electrons. The van der Waals surface area contributed by atoms with E-state index in [1.807, 2.05) is 16.8 Å². The molecule has 2 heterocycles. The van der Waals surface area contributed by atoms with Crippen LogP contribution in [0.1, 0.15) is 0 Å². The molecule has 1 aromatic rings. The SMILES string of the molecule is N#CC=C1Oc2cscc2O1. The van der Waals surface area contributed by atoms with Gasteiger partial charge < -0.3 is 9.47 Å². The molecule has 0 spiro atoms. The van der Waals surface area contributed by atoms with E-state index in [1.165, 1.54) is 17.4 Å². The second-order valence-electron chi connectivity index (χ2n) is 1.90. The summed E-state index contributed by atoms with van der Waals surface area (Å²) in [6, 6.07) is 1.83. The van der Waals surface area contributed by atoms with E-state index in [0.29, 0.717) is 11.5 Å². The van der Waals surface area contributed by atoms with Gasteiger partial charge in [-0.1, -0.05) is 0 Å². The number of thiophene rings is 1. The minimum Gasteiger partial charge on any atom is -0.421 e. The van der Waals surface area contributed by atoms with Gasteiger partial charge in [-0.15, -0.1) is 11.3 Å². The Balaban J connectivity index is 2.30. The van der Waals surface area contributed by atoms with Gasteiger partial charge in [0.15, 0.2) is 11.5 Å². The Morgan fingerprint density at radius 3 is 2.55 bits per heavy atom. The van der Waals surface area contributed by atoms with E-state index in [9.17, 15) is 0 Å². The number of nitriles is 1. The lowest BCUT2D eigenvalue weighted by molar-refractivity contribution is 0.287. The zero-order chi connectivity index (χ0) is 7.68. The summed E-state index contributed by atoms with van der Waals surface area (Å²) >= 11 is 1.50. The highest BCUT2D eigenvalue weighted by Gasteiger charge is 2.19. The highest BCUT2D eigenvalue weighted by atomic mass is 32.1. The molecular formula is C7H3NO2S. The second-order valence-corrected chi connectivity index (χ2v) is 2.64. The standard InChI is InChI=1S/C7H3NO2S/c8-2-1-7-9-5-3-11-4-6(5)10-7/h1,3-4H. The van der Waals surface area contributed by atoms with Crippen molar-refractivity contribution in [2.45, 2.75) is 0 Å². The van der Waals surface area contributed by atoms with Crippen LogP contribution in [0.5, 0.6) is 11.5 Å². The van der Waals surface area contributed by atoms with E-state index in [4.69, 9.17) is 14.7 Å². The van der Waals surface area contributed by atoms with E-state index in [-0.39, 0.29) is 5.95 Å². The lowest BCUT2D eigenvalue weighted by atomic mass is 10.6. The van der Waals surface area contributed by atoms with Crippen LogP contribution in [-0.2, 0) is 0 Å². The lowest BCUT2D eigenvalue weighted by Crippen LogP contribution is -1.92. The monoisotopic (exact) mass is 165 g/mol. The molecule has 0 unspecified atom stereocenters. The van der Waals surface area contributed by atoms with Gasteiger partial charge in [0.1, 0.15) is 0 Å². The maximum atomic E-state index is 8.26. The largest absolute Gasteiger partial charge is 0.421 e. The highest BCUT2D eigenvalue weighted by Crippen LogP contribution is 2.39. The first kappa shape index (κ1) is 6.25. The van der Waals surface area contributed by atoms with E-state index in [2.05, 4.69) is 0 Å². The molecule has 0 aliphatic carbocycles. The van der Waals surface area contributed by atoms with Crippen molar-refractivity contribution in [3.63, 3.8) is 0 Å². The molecule has 11 heavy (non-hydrogen) atoms. The Kier molecular flexibility index (Phi) is 1.30. The van der Waals surface area contributed by atoms with Gasteiger partial charge in [0.2, 0.25) is 0 Å². The van der Waals surface area contributed by atoms with Crippen molar-refractivity contribution in [2.75, 3.05) is 0 Å². The van der Waals surface area contributed by atoms with Gasteiger partial charge in [-0.3, -0.25) is 0 Å². The minimum atomic E-state index is 0.255. The van der Waals surface area contributed by atoms with Crippen LogP contribution in [0.3, 0.4) is 0 Å². The second kappa shape index (κ2) is 2.29. The van der Waals surface area contributed by atoms with Gasteiger partial charge in [-0.25, -0.2) is 0 Å². The number of hydrogen-bond acceptors (Lipinski definition) is 4. The summed E-state index contributed by atoms with van der Waals surface area (Å²) in [6.07, 6.45) is 1.23. The normalized spacial score (nSPS) is 12.8. The number of fused-ring (bicyclic) bond motifs is 1. The van der Waals surface area contributed by atoms with Gasteiger partial charge >= 0.3 is 5.95 Å². The van der Waals surface area contributed by atoms with Crippen molar-refractivity contribution in [2.24, 2.45) is 0 Å². The molecule has 0 fully saturated rings. The number of hydrogen-bond donors (Lipinski definition) is 0. The molecule has 1 aromatic heterocycles. The number of nitrogens with zero attached hydrogens (tertiary/aromatic N) is 1. The molecular weight excluding hydrogens is 162 g/mol. The Hall–Kier alpha value is -1.47. The Labute approximate surface area is 67.1 Å². The van der Waals surface area contributed by atoms with Crippen LogP contribution >= 0.6 is 11.3 Å². The Morgan fingerprint density at radius 2 is 2.00 bits per heavy atom. The molecule has 54 valence electrons. The van der Waals surface area contributed by atoms with Crippen molar-refractivity contribution < 1.29 is 9.47 Å². The third kappa shape index (κ3) is 0.954. The van der Waals surface area contributed by atoms with Crippen LogP contribution in [0.15, 0.2) is 22.8 Å². The summed E-state index contributed by atoms with van der Waals surface area (Å²) in [5.74, 6) is 1.64. The number of ether oxygens (including phenoxy) is 2. The first-order valence-electron chi connectivity index (χ1n) is 2.92. The van der Waals surface area contributed by atoms with Crippen LogP contribution in [0.25, 0.3) is 0 Å². The lowest BCUT2D eigenvalue weighted by Gasteiger charge is -1.91. The Bertz CT molecular complexity index is 325. The summed E-state index contributed by atoms with van der Waals surface area (Å²) in [7, 11) is 0. The molecule has 0 saturated carbocycles. The first-order chi connectivity index (χ1) is 5.40. The summed E-state index contributed by atoms with van der Waals surface area (Å²) in [4.78, 5) is 0. The smallest absolute Gasteiger partial charge is 0.301 e. The average molecular weight is 165 g/mol. The molecule has 0 amide bonds. The van der Waals surface area contributed by atoms with Crippen LogP contribution < -0.4 is 9.47 Å². The van der Waals surface area contributed by atoms with Gasteiger partial charge in [0.05, 0.1) is 12.1 Å². The Morgan fingerprint density at radius 1 is 1.36 bits per heavy atom. The van der Waals surface area contributed by atoms with Gasteiger partial charge in [-0.05, 0) is 0 Å². The summed E-state index contributed by atoms with van der Waals surface area (Å²) in [6.45, 7) is 0. The van der Waals surface area contributed by atoms with Crippen molar-refractivity contribution in [3.8, 4) is 17.6 Å². The van der Waals surface area contributed by atoms with E-state index in [1.54, 1.807) is 0 Å². The average Bonchev–Trinajstić information content (AvgIpc) is 2.46. The highest BCUT2D eigenvalue weighted by molar-refractivity contribution is 7.08. The van der Waals surface area contributed by atoms with Crippen LogP contribution in [0.4, 0.5) is 0 Å². The molecule has 1 aliphatic heterocycles. The zero-order valence-electron chi connectivity index (χ0n) is 5.40. The van der Waals surface area contributed by atoms with Crippen molar-refractivity contribution >= 4 is 11.3 Å². The molecule has 0 atom stereocenters. The van der Waals surface area contributed by atoms with Crippen molar-refractivity contribution in [1.82, 2.24) is 0 Å². The third-order valence-corrected chi connectivity index (χ3v) is 1.90. The van der Waals surface area contributed by atoms with E-state index < -0.39 is 0 Å². The predicted octanol–water partition coefficient (Wildman–Crippen LogP) is 1.88. The third-order valence-electron chi connectivity index (χ3n) is 1.20. The first-order valence-corrected chi connectivity index (χ1v) is 3.86. The molecule has 0 saturated heterocycles. The summed E-state index contributed by atoms with van der Waals surface area (Å²) in [5, 5.41) is 11.9. The fourth-order valence-corrected chi connectivity index (χ4v) is 1.42. The summed E-state index contributed by atoms with van der Waals surface area (Å²) in [5.41, 5.74) is 0. The predicted molar refractivity (Wildman–Crippen MR) is 39.3 cm³/mol. The quantitative estimate of drug-likeness (QED) is 0.551. The molecule has 0 aromatic carbocycles. The van der Waals surface area contributed by atoms with Crippen molar-refractivity contribution in [1.29, 1.82) is 5.26 Å². The van der Waals surface area contributed by atoms with Crippen LogP contribution in [-0.4, -0.2) is 0 Å². The van der Waals surface area contributed by atoms with E-state index >= 15 is 0 Å². The van der Waals surface area contributed by atoms with E-state index in [0.717, 1.165) is 0 Å².